The number of hydrogen-bond donors (Lipinski definition) is 2. The maximum absolute atomic E-state index is 9.10. The Balaban J connectivity index is -0.000000405. The molecule has 0 spiro atoms. The molecule has 0 aromatic carbocycles. The second-order valence-electron chi connectivity index (χ2n) is 3.37. The molecule has 0 atom stereocenters. The molecule has 0 amide bonds. The van der Waals surface area contributed by atoms with Crippen LogP contribution in [0.3, 0.4) is 0 Å². The van der Waals surface area contributed by atoms with E-state index >= 15 is 0 Å². The molecule has 0 heterocycles. The van der Waals surface area contributed by atoms with Gasteiger partial charge in [-0.2, -0.15) is 0 Å². The zero-order chi connectivity index (χ0) is 8.41. The molecule has 0 aromatic heterocycles. The van der Waals surface area contributed by atoms with Gasteiger partial charge >= 0.3 is 51.4 Å². The van der Waals surface area contributed by atoms with Crippen molar-refractivity contribution in [2.75, 3.05) is 0 Å². The smallest absolute Gasteiger partial charge is 1.00 e. The maximum atomic E-state index is 9.10. The van der Waals surface area contributed by atoms with Crippen LogP contribution < -0.4 is 51.4 Å². The van der Waals surface area contributed by atoms with Gasteiger partial charge in [-0.15, -0.1) is 0 Å². The van der Waals surface area contributed by atoms with Gasteiger partial charge in [-0.25, -0.2) is 0 Å². The standard InChI is InChI=1S/C8H14O2.K.H/c1-7(2,9)5-6-8(3,4)10;;/h9-10H,1-4H3;;/q;+1;-1. The topological polar surface area (TPSA) is 40.5 Å². The van der Waals surface area contributed by atoms with E-state index in [1.165, 1.54) is 0 Å². The van der Waals surface area contributed by atoms with Crippen molar-refractivity contribution in [3.63, 3.8) is 0 Å². The summed E-state index contributed by atoms with van der Waals surface area (Å²) in [6.45, 7) is 6.30. The van der Waals surface area contributed by atoms with E-state index in [0.717, 1.165) is 0 Å². The second kappa shape index (κ2) is 4.98. The van der Waals surface area contributed by atoms with Crippen LogP contribution in [0.2, 0.25) is 0 Å². The fraction of sp³-hybridized carbons (Fsp3) is 0.750. The van der Waals surface area contributed by atoms with Crippen LogP contribution in [0.1, 0.15) is 29.1 Å². The average Bonchev–Trinajstić information content (AvgIpc) is 1.57. The predicted molar refractivity (Wildman–Crippen MR) is 41.5 cm³/mol. The molecule has 0 rings (SSSR count). The molecule has 2 N–H and O–H groups in total. The molecule has 0 aliphatic heterocycles. The summed E-state index contributed by atoms with van der Waals surface area (Å²) in [6, 6.07) is 0. The van der Waals surface area contributed by atoms with Gasteiger partial charge in [-0.3, -0.25) is 0 Å². The van der Waals surface area contributed by atoms with E-state index in [1.807, 2.05) is 0 Å². The summed E-state index contributed by atoms with van der Waals surface area (Å²) >= 11 is 0. The van der Waals surface area contributed by atoms with E-state index in [0.29, 0.717) is 0 Å². The van der Waals surface area contributed by atoms with Crippen LogP contribution in [0.25, 0.3) is 0 Å². The van der Waals surface area contributed by atoms with Gasteiger partial charge in [-0.05, 0) is 27.7 Å². The monoisotopic (exact) mass is 182 g/mol. The molecule has 0 bridgehead atoms. The Kier molecular flexibility index (Phi) is 6.62. The maximum Gasteiger partial charge on any atom is 1.00 e. The molecule has 3 heteroatoms. The third-order valence-corrected chi connectivity index (χ3v) is 0.674. The van der Waals surface area contributed by atoms with Crippen LogP contribution in [-0.2, 0) is 0 Å². The number of hydrogen-bond acceptors (Lipinski definition) is 2. The molecule has 0 aliphatic carbocycles. The first-order chi connectivity index (χ1) is 4.21. The van der Waals surface area contributed by atoms with Gasteiger partial charge in [0.25, 0.3) is 0 Å². The Labute approximate surface area is 112 Å². The Morgan fingerprint density at radius 2 is 1.09 bits per heavy atom. The molecule has 0 saturated carbocycles. The third kappa shape index (κ3) is 14.0. The molecular weight excluding hydrogens is 167 g/mol. The van der Waals surface area contributed by atoms with E-state index in [9.17, 15) is 0 Å². The minimum absolute atomic E-state index is 0. The zero-order valence-corrected chi connectivity index (χ0v) is 11.0. The van der Waals surface area contributed by atoms with Gasteiger partial charge in [0.2, 0.25) is 0 Å². The summed E-state index contributed by atoms with van der Waals surface area (Å²) in [7, 11) is 0. The van der Waals surface area contributed by atoms with Gasteiger partial charge in [0, 0.05) is 0 Å². The first-order valence-electron chi connectivity index (χ1n) is 3.20. The molecule has 60 valence electrons. The SMILES string of the molecule is CC(C)(O)C#CC(C)(C)O.[H-].[K+]. The Morgan fingerprint density at radius 1 is 0.909 bits per heavy atom. The van der Waals surface area contributed by atoms with Crippen molar-refractivity contribution in [3.8, 4) is 11.8 Å². The van der Waals surface area contributed by atoms with E-state index in [2.05, 4.69) is 11.8 Å². The molecule has 0 aromatic rings. The van der Waals surface area contributed by atoms with E-state index < -0.39 is 11.2 Å². The first kappa shape index (κ1) is 14.6. The van der Waals surface area contributed by atoms with Crippen LogP contribution in [0.5, 0.6) is 0 Å². The fourth-order valence-corrected chi connectivity index (χ4v) is 0.306. The van der Waals surface area contributed by atoms with Crippen molar-refractivity contribution < 1.29 is 63.0 Å². The minimum atomic E-state index is -1.01. The number of aliphatic hydroxyl groups is 2. The molecule has 0 unspecified atom stereocenters. The summed E-state index contributed by atoms with van der Waals surface area (Å²) in [4.78, 5) is 0. The second-order valence-corrected chi connectivity index (χ2v) is 3.37. The molecule has 11 heavy (non-hydrogen) atoms. The molecule has 0 aliphatic rings. The van der Waals surface area contributed by atoms with Crippen molar-refractivity contribution in [1.82, 2.24) is 0 Å². The molecular formula is C8H15KO2. The molecule has 2 nitrogen and oxygen atoms in total. The van der Waals surface area contributed by atoms with E-state index in [4.69, 9.17) is 10.2 Å². The Bertz CT molecular complexity index is 150. The van der Waals surface area contributed by atoms with E-state index in [1.54, 1.807) is 27.7 Å². The van der Waals surface area contributed by atoms with Gasteiger partial charge in [0.1, 0.15) is 11.2 Å². The summed E-state index contributed by atoms with van der Waals surface area (Å²) in [6.07, 6.45) is 0. The summed E-state index contributed by atoms with van der Waals surface area (Å²) in [5.74, 6) is 5.03. The van der Waals surface area contributed by atoms with Crippen molar-refractivity contribution in [1.29, 1.82) is 0 Å². The number of rotatable bonds is 0. The van der Waals surface area contributed by atoms with Gasteiger partial charge < -0.3 is 11.6 Å². The Morgan fingerprint density at radius 3 is 1.18 bits per heavy atom. The van der Waals surface area contributed by atoms with Crippen molar-refractivity contribution in [3.05, 3.63) is 0 Å². The van der Waals surface area contributed by atoms with Crippen LogP contribution in [0, 0.1) is 11.8 Å². The zero-order valence-electron chi connectivity index (χ0n) is 8.89. The van der Waals surface area contributed by atoms with Gasteiger partial charge in [0.15, 0.2) is 0 Å². The first-order valence-corrected chi connectivity index (χ1v) is 3.20. The van der Waals surface area contributed by atoms with Crippen molar-refractivity contribution >= 4 is 0 Å². The quantitative estimate of drug-likeness (QED) is 0.325. The van der Waals surface area contributed by atoms with Crippen LogP contribution >= 0.6 is 0 Å². The van der Waals surface area contributed by atoms with Crippen molar-refractivity contribution in [2.24, 2.45) is 0 Å². The molecule has 0 fully saturated rings. The minimum Gasteiger partial charge on any atom is -1.00 e. The van der Waals surface area contributed by atoms with Crippen LogP contribution in [-0.4, -0.2) is 21.4 Å². The van der Waals surface area contributed by atoms with Crippen molar-refractivity contribution in [2.45, 2.75) is 38.9 Å². The van der Waals surface area contributed by atoms with Crippen LogP contribution in [0.4, 0.5) is 0 Å². The van der Waals surface area contributed by atoms with Crippen LogP contribution in [0.15, 0.2) is 0 Å². The molecule has 0 saturated heterocycles. The summed E-state index contributed by atoms with van der Waals surface area (Å²) in [5, 5.41) is 18.2. The van der Waals surface area contributed by atoms with E-state index in [-0.39, 0.29) is 52.8 Å². The van der Waals surface area contributed by atoms with Gasteiger partial charge in [0.05, 0.1) is 0 Å². The summed E-state index contributed by atoms with van der Waals surface area (Å²) < 4.78 is 0. The predicted octanol–water partition coefficient (Wildman–Crippen LogP) is -2.35. The normalized spacial score (nSPS) is 11.1. The largest absolute Gasteiger partial charge is 1.00 e. The average molecular weight is 182 g/mol. The third-order valence-electron chi connectivity index (χ3n) is 0.674. The Hall–Kier alpha value is 1.12. The molecule has 0 radical (unpaired) electrons. The fourth-order valence-electron chi connectivity index (χ4n) is 0.306. The van der Waals surface area contributed by atoms with Gasteiger partial charge in [-0.1, -0.05) is 11.8 Å². The summed E-state index contributed by atoms with van der Waals surface area (Å²) in [5.41, 5.74) is -2.03.